The van der Waals surface area contributed by atoms with Gasteiger partial charge in [-0.1, -0.05) is 6.07 Å². The molecule has 0 amide bonds. The Morgan fingerprint density at radius 2 is 1.69 bits per heavy atom. The molecule has 0 unspecified atom stereocenters. The van der Waals surface area contributed by atoms with Crippen LogP contribution in [0.5, 0.6) is 5.75 Å². The Bertz CT molecular complexity index is 368. The summed E-state index contributed by atoms with van der Waals surface area (Å²) in [5.41, 5.74) is 3.69. The highest BCUT2D eigenvalue weighted by atomic mass is 16.7. The molecular weight excluding hydrogens is 204 g/mol. The molecule has 1 fully saturated rings. The van der Waals surface area contributed by atoms with Crippen molar-refractivity contribution in [3.63, 3.8) is 0 Å². The Hall–Kier alpha value is -1.06. The van der Waals surface area contributed by atoms with E-state index in [9.17, 15) is 0 Å². The van der Waals surface area contributed by atoms with Crippen molar-refractivity contribution in [2.75, 3.05) is 19.8 Å². The summed E-state index contributed by atoms with van der Waals surface area (Å²) in [5, 5.41) is 0. The highest BCUT2D eigenvalue weighted by Gasteiger charge is 2.16. The van der Waals surface area contributed by atoms with E-state index in [0.717, 1.165) is 11.3 Å². The lowest BCUT2D eigenvalue weighted by Crippen LogP contribution is -2.18. The molecule has 1 aromatic rings. The molecule has 0 atom stereocenters. The van der Waals surface area contributed by atoms with Crippen LogP contribution in [0.4, 0.5) is 0 Å². The fourth-order valence-corrected chi connectivity index (χ4v) is 1.75. The zero-order chi connectivity index (χ0) is 11.5. The van der Waals surface area contributed by atoms with Gasteiger partial charge in [0.15, 0.2) is 6.29 Å². The standard InChI is InChI=1S/C13H18O3/c1-9-6-11(3)12(7-10(9)2)16-8-13-14-4-5-15-13/h6-7,13H,4-5,8H2,1-3H3. The molecule has 1 aliphatic rings. The van der Waals surface area contributed by atoms with E-state index in [0.29, 0.717) is 19.8 Å². The number of rotatable bonds is 3. The third kappa shape index (κ3) is 2.54. The monoisotopic (exact) mass is 222 g/mol. The first-order valence-corrected chi connectivity index (χ1v) is 5.60. The van der Waals surface area contributed by atoms with Gasteiger partial charge in [-0.3, -0.25) is 0 Å². The maximum absolute atomic E-state index is 5.71. The zero-order valence-corrected chi connectivity index (χ0v) is 10.1. The van der Waals surface area contributed by atoms with Gasteiger partial charge in [-0.25, -0.2) is 0 Å². The van der Waals surface area contributed by atoms with Crippen LogP contribution in [-0.4, -0.2) is 26.1 Å². The van der Waals surface area contributed by atoms with Crippen molar-refractivity contribution in [1.82, 2.24) is 0 Å². The summed E-state index contributed by atoms with van der Waals surface area (Å²) >= 11 is 0. The van der Waals surface area contributed by atoms with E-state index in [1.165, 1.54) is 11.1 Å². The Morgan fingerprint density at radius 1 is 1.06 bits per heavy atom. The minimum absolute atomic E-state index is 0.207. The third-order valence-corrected chi connectivity index (χ3v) is 2.86. The van der Waals surface area contributed by atoms with Gasteiger partial charge in [0.25, 0.3) is 0 Å². The smallest absolute Gasteiger partial charge is 0.191 e. The van der Waals surface area contributed by atoms with Crippen molar-refractivity contribution < 1.29 is 14.2 Å². The normalized spacial score (nSPS) is 16.7. The van der Waals surface area contributed by atoms with E-state index in [1.807, 2.05) is 0 Å². The molecule has 0 aromatic heterocycles. The average Bonchev–Trinajstić information content (AvgIpc) is 2.74. The van der Waals surface area contributed by atoms with Gasteiger partial charge >= 0.3 is 0 Å². The molecule has 88 valence electrons. The summed E-state index contributed by atoms with van der Waals surface area (Å²) in [6.45, 7) is 8.04. The maximum Gasteiger partial charge on any atom is 0.191 e. The molecule has 2 rings (SSSR count). The van der Waals surface area contributed by atoms with Crippen LogP contribution in [0.2, 0.25) is 0 Å². The van der Waals surface area contributed by atoms with Crippen LogP contribution in [0.25, 0.3) is 0 Å². The van der Waals surface area contributed by atoms with Crippen molar-refractivity contribution in [1.29, 1.82) is 0 Å². The average molecular weight is 222 g/mol. The SMILES string of the molecule is Cc1cc(C)c(OCC2OCCO2)cc1C. The molecule has 1 aromatic carbocycles. The summed E-state index contributed by atoms with van der Waals surface area (Å²) in [6.07, 6.45) is -0.207. The van der Waals surface area contributed by atoms with Gasteiger partial charge in [0, 0.05) is 0 Å². The summed E-state index contributed by atoms with van der Waals surface area (Å²) in [7, 11) is 0. The van der Waals surface area contributed by atoms with Crippen LogP contribution in [-0.2, 0) is 9.47 Å². The van der Waals surface area contributed by atoms with Gasteiger partial charge in [0.2, 0.25) is 0 Å². The lowest BCUT2D eigenvalue weighted by atomic mass is 10.1. The van der Waals surface area contributed by atoms with Gasteiger partial charge < -0.3 is 14.2 Å². The molecule has 1 saturated heterocycles. The van der Waals surface area contributed by atoms with Gasteiger partial charge in [0.1, 0.15) is 12.4 Å². The van der Waals surface area contributed by atoms with Gasteiger partial charge in [0.05, 0.1) is 13.2 Å². The van der Waals surface area contributed by atoms with Gasteiger partial charge in [-0.2, -0.15) is 0 Å². The predicted octanol–water partition coefficient (Wildman–Crippen LogP) is 2.36. The Balaban J connectivity index is 2.00. The van der Waals surface area contributed by atoms with E-state index in [2.05, 4.69) is 32.9 Å². The number of benzene rings is 1. The number of hydrogen-bond acceptors (Lipinski definition) is 3. The van der Waals surface area contributed by atoms with Crippen molar-refractivity contribution in [3.05, 3.63) is 28.8 Å². The molecule has 3 heteroatoms. The van der Waals surface area contributed by atoms with Crippen molar-refractivity contribution in [2.45, 2.75) is 27.1 Å². The van der Waals surface area contributed by atoms with E-state index >= 15 is 0 Å². The number of ether oxygens (including phenoxy) is 3. The van der Waals surface area contributed by atoms with E-state index < -0.39 is 0 Å². The largest absolute Gasteiger partial charge is 0.488 e. The molecule has 0 spiro atoms. The quantitative estimate of drug-likeness (QED) is 0.785. The minimum Gasteiger partial charge on any atom is -0.488 e. The third-order valence-electron chi connectivity index (χ3n) is 2.86. The van der Waals surface area contributed by atoms with Crippen molar-refractivity contribution in [2.24, 2.45) is 0 Å². The molecule has 16 heavy (non-hydrogen) atoms. The van der Waals surface area contributed by atoms with E-state index in [1.54, 1.807) is 0 Å². The first kappa shape index (κ1) is 11.4. The zero-order valence-electron chi connectivity index (χ0n) is 10.1. The highest BCUT2D eigenvalue weighted by molar-refractivity contribution is 5.40. The minimum atomic E-state index is -0.207. The summed E-state index contributed by atoms with van der Waals surface area (Å²) < 4.78 is 16.3. The molecule has 0 radical (unpaired) electrons. The molecule has 0 saturated carbocycles. The topological polar surface area (TPSA) is 27.7 Å². The van der Waals surface area contributed by atoms with Gasteiger partial charge in [-0.05, 0) is 43.5 Å². The van der Waals surface area contributed by atoms with Crippen molar-refractivity contribution in [3.8, 4) is 5.75 Å². The second-order valence-corrected chi connectivity index (χ2v) is 4.18. The molecule has 0 aliphatic carbocycles. The second-order valence-electron chi connectivity index (χ2n) is 4.18. The number of hydrogen-bond donors (Lipinski definition) is 0. The van der Waals surface area contributed by atoms with Crippen LogP contribution in [0.3, 0.4) is 0 Å². The van der Waals surface area contributed by atoms with Crippen LogP contribution in [0.15, 0.2) is 12.1 Å². The van der Waals surface area contributed by atoms with E-state index in [4.69, 9.17) is 14.2 Å². The first-order valence-electron chi connectivity index (χ1n) is 5.60. The molecule has 1 aliphatic heterocycles. The lowest BCUT2D eigenvalue weighted by molar-refractivity contribution is -0.0685. The van der Waals surface area contributed by atoms with Crippen LogP contribution < -0.4 is 4.74 Å². The van der Waals surface area contributed by atoms with Crippen LogP contribution >= 0.6 is 0 Å². The second kappa shape index (κ2) is 4.85. The van der Waals surface area contributed by atoms with Crippen LogP contribution in [0, 0.1) is 20.8 Å². The predicted molar refractivity (Wildman–Crippen MR) is 61.8 cm³/mol. The van der Waals surface area contributed by atoms with Crippen LogP contribution in [0.1, 0.15) is 16.7 Å². The molecule has 0 bridgehead atoms. The van der Waals surface area contributed by atoms with Crippen molar-refractivity contribution >= 4 is 0 Å². The molecule has 1 heterocycles. The molecule has 0 N–H and O–H groups in total. The number of aryl methyl sites for hydroxylation is 3. The maximum atomic E-state index is 5.71. The molecular formula is C13H18O3. The Kier molecular flexibility index (Phi) is 3.46. The van der Waals surface area contributed by atoms with Gasteiger partial charge in [-0.15, -0.1) is 0 Å². The van der Waals surface area contributed by atoms with E-state index in [-0.39, 0.29) is 6.29 Å². The summed E-state index contributed by atoms with van der Waals surface area (Å²) in [5.74, 6) is 0.919. The Morgan fingerprint density at radius 3 is 2.38 bits per heavy atom. The summed E-state index contributed by atoms with van der Waals surface area (Å²) in [6, 6.07) is 4.21. The summed E-state index contributed by atoms with van der Waals surface area (Å²) in [4.78, 5) is 0. The fourth-order valence-electron chi connectivity index (χ4n) is 1.75. The Labute approximate surface area is 96.3 Å². The lowest BCUT2D eigenvalue weighted by Gasteiger charge is -2.14. The highest BCUT2D eigenvalue weighted by Crippen LogP contribution is 2.22. The fraction of sp³-hybridized carbons (Fsp3) is 0.538. The molecule has 3 nitrogen and oxygen atoms in total. The first-order chi connectivity index (χ1) is 7.66.